The van der Waals surface area contributed by atoms with Crippen molar-refractivity contribution in [2.75, 3.05) is 5.32 Å². The van der Waals surface area contributed by atoms with E-state index >= 15 is 0 Å². The molecule has 6 nitrogen and oxygen atoms in total. The highest BCUT2D eigenvalue weighted by Crippen LogP contribution is 2.48. The van der Waals surface area contributed by atoms with Gasteiger partial charge in [0.15, 0.2) is 5.82 Å². The van der Waals surface area contributed by atoms with E-state index in [0.29, 0.717) is 11.5 Å². The quantitative estimate of drug-likeness (QED) is 0.749. The number of carbonyl (C=O) groups is 1. The van der Waals surface area contributed by atoms with E-state index in [2.05, 4.69) is 20.4 Å². The number of nitrogens with zero attached hydrogens (tertiary/aromatic N) is 4. The van der Waals surface area contributed by atoms with Crippen LogP contribution in [0.3, 0.4) is 0 Å². The molecule has 24 heavy (non-hydrogen) atoms. The number of aromatic nitrogens is 4. The molecule has 120 valence electrons. The highest BCUT2D eigenvalue weighted by Gasteiger charge is 2.51. The van der Waals surface area contributed by atoms with Crippen LogP contribution >= 0.6 is 0 Å². The minimum atomic E-state index is -0.581. The van der Waals surface area contributed by atoms with Crippen molar-refractivity contribution in [2.45, 2.75) is 18.3 Å². The third kappa shape index (κ3) is 2.54. The molecule has 3 heterocycles. The predicted octanol–water partition coefficient (Wildman–Crippen LogP) is 2.47. The van der Waals surface area contributed by atoms with Crippen LogP contribution in [0.15, 0.2) is 55.1 Å². The number of nitrogens with one attached hydrogen (secondary N) is 1. The van der Waals surface area contributed by atoms with E-state index in [9.17, 15) is 9.18 Å². The molecule has 7 heteroatoms. The van der Waals surface area contributed by atoms with Gasteiger partial charge in [-0.05, 0) is 30.5 Å². The SMILES string of the molecule is O=C(Nc1ccn(-c2ccnc(F)c2)n1)C1(c2cccnc2)CC1. The van der Waals surface area contributed by atoms with Crippen LogP contribution in [0.5, 0.6) is 0 Å². The van der Waals surface area contributed by atoms with Gasteiger partial charge in [0, 0.05) is 36.9 Å². The van der Waals surface area contributed by atoms with Crippen LogP contribution in [-0.2, 0) is 10.2 Å². The minimum Gasteiger partial charge on any atom is -0.308 e. The first-order chi connectivity index (χ1) is 11.7. The third-order valence-corrected chi connectivity index (χ3v) is 4.20. The minimum absolute atomic E-state index is 0.0957. The molecule has 0 aromatic carbocycles. The largest absolute Gasteiger partial charge is 0.308 e. The average molecular weight is 323 g/mol. The molecule has 0 radical (unpaired) electrons. The zero-order valence-corrected chi connectivity index (χ0v) is 12.7. The maximum atomic E-state index is 13.2. The Morgan fingerprint density at radius 3 is 2.83 bits per heavy atom. The van der Waals surface area contributed by atoms with E-state index < -0.39 is 11.4 Å². The lowest BCUT2D eigenvalue weighted by Crippen LogP contribution is -2.28. The molecule has 0 spiro atoms. The van der Waals surface area contributed by atoms with Crippen molar-refractivity contribution in [1.29, 1.82) is 0 Å². The van der Waals surface area contributed by atoms with Crippen LogP contribution < -0.4 is 5.32 Å². The Morgan fingerprint density at radius 1 is 1.25 bits per heavy atom. The Balaban J connectivity index is 1.53. The van der Waals surface area contributed by atoms with Crippen LogP contribution in [0.1, 0.15) is 18.4 Å². The number of amides is 1. The van der Waals surface area contributed by atoms with Crippen molar-refractivity contribution < 1.29 is 9.18 Å². The molecule has 0 saturated heterocycles. The molecule has 0 atom stereocenters. The fraction of sp³-hybridized carbons (Fsp3) is 0.176. The van der Waals surface area contributed by atoms with Gasteiger partial charge < -0.3 is 5.32 Å². The summed E-state index contributed by atoms with van der Waals surface area (Å²) in [6.07, 6.45) is 8.03. The van der Waals surface area contributed by atoms with Crippen LogP contribution in [0.4, 0.5) is 10.2 Å². The van der Waals surface area contributed by atoms with Crippen molar-refractivity contribution in [3.05, 3.63) is 66.6 Å². The number of carbonyl (C=O) groups excluding carboxylic acids is 1. The van der Waals surface area contributed by atoms with E-state index in [0.717, 1.165) is 18.4 Å². The van der Waals surface area contributed by atoms with Crippen molar-refractivity contribution in [3.63, 3.8) is 0 Å². The Kier molecular flexibility index (Phi) is 3.34. The van der Waals surface area contributed by atoms with Gasteiger partial charge in [0.05, 0.1) is 11.1 Å². The topological polar surface area (TPSA) is 72.7 Å². The van der Waals surface area contributed by atoms with Gasteiger partial charge in [-0.2, -0.15) is 9.49 Å². The van der Waals surface area contributed by atoms with Crippen LogP contribution in [-0.4, -0.2) is 25.7 Å². The van der Waals surface area contributed by atoms with Crippen molar-refractivity contribution in [3.8, 4) is 5.69 Å². The second-order valence-electron chi connectivity index (χ2n) is 5.76. The molecule has 1 amide bonds. The normalized spacial score (nSPS) is 15.0. The number of anilines is 1. The molecule has 1 fully saturated rings. The summed E-state index contributed by atoms with van der Waals surface area (Å²) in [7, 11) is 0. The van der Waals surface area contributed by atoms with E-state index in [1.165, 1.54) is 16.9 Å². The number of hydrogen-bond donors (Lipinski definition) is 1. The Hall–Kier alpha value is -3.09. The third-order valence-electron chi connectivity index (χ3n) is 4.20. The van der Waals surface area contributed by atoms with Gasteiger partial charge in [0.25, 0.3) is 0 Å². The van der Waals surface area contributed by atoms with Crippen LogP contribution in [0.2, 0.25) is 0 Å². The highest BCUT2D eigenvalue weighted by molar-refractivity contribution is 6.00. The second-order valence-corrected chi connectivity index (χ2v) is 5.76. The Bertz CT molecular complexity index is 889. The summed E-state index contributed by atoms with van der Waals surface area (Å²) in [5.74, 6) is -0.254. The van der Waals surface area contributed by atoms with E-state index in [1.54, 1.807) is 30.7 Å². The summed E-state index contributed by atoms with van der Waals surface area (Å²) >= 11 is 0. The number of rotatable bonds is 4. The highest BCUT2D eigenvalue weighted by atomic mass is 19.1. The summed E-state index contributed by atoms with van der Waals surface area (Å²) in [5, 5.41) is 7.11. The van der Waals surface area contributed by atoms with Crippen LogP contribution in [0, 0.1) is 5.95 Å². The lowest BCUT2D eigenvalue weighted by atomic mass is 9.97. The standard InChI is InChI=1S/C17H14FN5O/c18-14-10-13(3-8-20-14)23-9-4-15(22-23)21-16(24)17(5-6-17)12-2-1-7-19-11-12/h1-4,7-11H,5-6H2,(H,21,22,24). The van der Waals surface area contributed by atoms with Gasteiger partial charge >= 0.3 is 0 Å². The molecule has 1 saturated carbocycles. The number of hydrogen-bond acceptors (Lipinski definition) is 4. The molecule has 0 bridgehead atoms. The Morgan fingerprint density at radius 2 is 2.12 bits per heavy atom. The first-order valence-electron chi connectivity index (χ1n) is 7.57. The maximum Gasteiger partial charge on any atom is 0.236 e. The zero-order valence-electron chi connectivity index (χ0n) is 12.7. The molecule has 0 unspecified atom stereocenters. The van der Waals surface area contributed by atoms with E-state index in [-0.39, 0.29) is 5.91 Å². The van der Waals surface area contributed by atoms with Gasteiger partial charge in [0.1, 0.15) is 0 Å². The van der Waals surface area contributed by atoms with E-state index in [1.807, 2.05) is 12.1 Å². The lowest BCUT2D eigenvalue weighted by Gasteiger charge is -2.14. The molecule has 1 N–H and O–H groups in total. The number of halogens is 1. The van der Waals surface area contributed by atoms with Gasteiger partial charge in [0.2, 0.25) is 11.9 Å². The summed E-state index contributed by atoms with van der Waals surface area (Å²) < 4.78 is 14.7. The van der Waals surface area contributed by atoms with Gasteiger partial charge in [-0.15, -0.1) is 0 Å². The monoisotopic (exact) mass is 323 g/mol. The lowest BCUT2D eigenvalue weighted by molar-refractivity contribution is -0.118. The number of pyridine rings is 2. The Labute approximate surface area is 137 Å². The van der Waals surface area contributed by atoms with E-state index in [4.69, 9.17) is 0 Å². The zero-order chi connectivity index (χ0) is 16.6. The van der Waals surface area contributed by atoms with Gasteiger partial charge in [-0.1, -0.05) is 6.07 Å². The molecule has 1 aliphatic carbocycles. The smallest absolute Gasteiger partial charge is 0.236 e. The van der Waals surface area contributed by atoms with Crippen LogP contribution in [0.25, 0.3) is 5.69 Å². The second kappa shape index (κ2) is 5.52. The fourth-order valence-electron chi connectivity index (χ4n) is 2.72. The van der Waals surface area contributed by atoms with Gasteiger partial charge in [-0.3, -0.25) is 9.78 Å². The molecule has 1 aliphatic rings. The summed E-state index contributed by atoms with van der Waals surface area (Å²) in [4.78, 5) is 20.2. The summed E-state index contributed by atoms with van der Waals surface area (Å²) in [6, 6.07) is 8.33. The van der Waals surface area contributed by atoms with Crippen molar-refractivity contribution in [2.24, 2.45) is 0 Å². The fourth-order valence-corrected chi connectivity index (χ4v) is 2.72. The maximum absolute atomic E-state index is 13.2. The average Bonchev–Trinajstić information content (AvgIpc) is 3.29. The van der Waals surface area contributed by atoms with Crippen molar-refractivity contribution in [1.82, 2.24) is 19.7 Å². The summed E-state index contributed by atoms with van der Waals surface area (Å²) in [6.45, 7) is 0. The molecule has 3 aromatic heterocycles. The van der Waals surface area contributed by atoms with Crippen molar-refractivity contribution >= 4 is 11.7 Å². The predicted molar refractivity (Wildman–Crippen MR) is 85.1 cm³/mol. The first-order valence-corrected chi connectivity index (χ1v) is 7.57. The van der Waals surface area contributed by atoms with Gasteiger partial charge in [-0.25, -0.2) is 9.67 Å². The first kappa shape index (κ1) is 14.5. The summed E-state index contributed by atoms with van der Waals surface area (Å²) in [5.41, 5.74) is 0.940. The molecule has 0 aliphatic heterocycles. The molecular weight excluding hydrogens is 309 g/mol. The molecule has 3 aromatic rings. The molecule has 4 rings (SSSR count). The molecular formula is C17H14FN5O.